The summed E-state index contributed by atoms with van der Waals surface area (Å²) in [6, 6.07) is 8.25. The van der Waals surface area contributed by atoms with Crippen LogP contribution >= 0.6 is 0 Å². The zero-order chi connectivity index (χ0) is 13.5. The van der Waals surface area contributed by atoms with Crippen molar-refractivity contribution in [1.82, 2.24) is 9.97 Å². The molecule has 2 aromatic heterocycles. The second kappa shape index (κ2) is 6.73. The molecule has 4 heteroatoms. The number of pyridine rings is 2. The molecule has 0 aromatic carbocycles. The summed E-state index contributed by atoms with van der Waals surface area (Å²) in [7, 11) is 0. The van der Waals surface area contributed by atoms with E-state index in [1.165, 1.54) is 5.56 Å². The highest BCUT2D eigenvalue weighted by atomic mass is 15.0. The molecule has 2 N–H and O–H groups in total. The molecule has 0 saturated carbocycles. The van der Waals surface area contributed by atoms with Crippen LogP contribution in [-0.2, 0) is 0 Å². The molecule has 100 valence electrons. The third-order valence-electron chi connectivity index (χ3n) is 2.88. The summed E-state index contributed by atoms with van der Waals surface area (Å²) < 4.78 is 0. The van der Waals surface area contributed by atoms with Crippen LogP contribution in [0.25, 0.3) is 0 Å². The first-order valence-corrected chi connectivity index (χ1v) is 6.66. The Hall–Kier alpha value is -2.10. The zero-order valence-electron chi connectivity index (χ0n) is 11.4. The quantitative estimate of drug-likeness (QED) is 0.831. The van der Waals surface area contributed by atoms with Crippen LogP contribution in [0.15, 0.2) is 42.9 Å². The molecular formula is C15H20N4. The molecule has 0 aliphatic carbocycles. The molecule has 0 spiro atoms. The molecule has 0 amide bonds. The van der Waals surface area contributed by atoms with Crippen molar-refractivity contribution >= 4 is 11.5 Å². The van der Waals surface area contributed by atoms with Gasteiger partial charge in [0, 0.05) is 36.9 Å². The maximum atomic E-state index is 4.29. The van der Waals surface area contributed by atoms with Gasteiger partial charge in [-0.3, -0.25) is 4.98 Å². The second-order valence-electron chi connectivity index (χ2n) is 4.51. The third-order valence-corrected chi connectivity index (χ3v) is 2.88. The average Bonchev–Trinajstić information content (AvgIpc) is 2.46. The van der Waals surface area contributed by atoms with Crippen LogP contribution in [0.4, 0.5) is 11.5 Å². The maximum Gasteiger partial charge on any atom is 0.127 e. The van der Waals surface area contributed by atoms with Gasteiger partial charge in [-0.1, -0.05) is 13.0 Å². The van der Waals surface area contributed by atoms with E-state index in [0.29, 0.717) is 0 Å². The summed E-state index contributed by atoms with van der Waals surface area (Å²) in [6.45, 7) is 5.20. The van der Waals surface area contributed by atoms with E-state index in [1.807, 2.05) is 30.6 Å². The smallest absolute Gasteiger partial charge is 0.127 e. The lowest BCUT2D eigenvalue weighted by atomic mass is 10.1. The summed E-state index contributed by atoms with van der Waals surface area (Å²) in [5.41, 5.74) is 2.23. The van der Waals surface area contributed by atoms with Crippen molar-refractivity contribution in [3.05, 3.63) is 48.4 Å². The number of aromatic nitrogens is 2. The lowest BCUT2D eigenvalue weighted by Crippen LogP contribution is -2.08. The summed E-state index contributed by atoms with van der Waals surface area (Å²) in [5.74, 6) is 0.908. The highest BCUT2D eigenvalue weighted by Gasteiger charge is 2.05. The molecule has 0 bridgehead atoms. The molecule has 0 saturated heterocycles. The van der Waals surface area contributed by atoms with Crippen molar-refractivity contribution in [2.24, 2.45) is 0 Å². The lowest BCUT2D eigenvalue weighted by Gasteiger charge is -2.16. The Morgan fingerprint density at radius 3 is 2.89 bits per heavy atom. The minimum Gasteiger partial charge on any atom is -0.378 e. The van der Waals surface area contributed by atoms with E-state index >= 15 is 0 Å². The normalized spacial score (nSPS) is 11.9. The van der Waals surface area contributed by atoms with Crippen LogP contribution in [0.2, 0.25) is 0 Å². The first kappa shape index (κ1) is 13.3. The van der Waals surface area contributed by atoms with E-state index < -0.39 is 0 Å². The molecule has 19 heavy (non-hydrogen) atoms. The van der Waals surface area contributed by atoms with Crippen molar-refractivity contribution in [2.75, 3.05) is 17.2 Å². The van der Waals surface area contributed by atoms with Gasteiger partial charge in [-0.05, 0) is 31.0 Å². The van der Waals surface area contributed by atoms with Gasteiger partial charge in [0.05, 0.1) is 6.04 Å². The number of hydrogen-bond acceptors (Lipinski definition) is 4. The Balaban J connectivity index is 2.02. The summed E-state index contributed by atoms with van der Waals surface area (Å²) in [5, 5.41) is 6.74. The number of hydrogen-bond donors (Lipinski definition) is 2. The van der Waals surface area contributed by atoms with E-state index in [1.54, 1.807) is 6.20 Å². The van der Waals surface area contributed by atoms with Gasteiger partial charge in [-0.2, -0.15) is 0 Å². The minimum absolute atomic E-state index is 0.218. The largest absolute Gasteiger partial charge is 0.378 e. The van der Waals surface area contributed by atoms with Gasteiger partial charge in [-0.15, -0.1) is 0 Å². The van der Waals surface area contributed by atoms with Gasteiger partial charge in [0.25, 0.3) is 0 Å². The van der Waals surface area contributed by atoms with Gasteiger partial charge in [-0.25, -0.2) is 4.98 Å². The van der Waals surface area contributed by atoms with Crippen molar-refractivity contribution < 1.29 is 0 Å². The lowest BCUT2D eigenvalue weighted by molar-refractivity contribution is 0.874. The predicted molar refractivity (Wildman–Crippen MR) is 79.3 cm³/mol. The van der Waals surface area contributed by atoms with E-state index in [2.05, 4.69) is 40.5 Å². The standard InChI is InChI=1S/C15H20N4/c1-3-7-17-15-10-14(6-9-18-15)19-12(2)13-5-4-8-16-11-13/h4-6,8-12H,3,7H2,1-2H3,(H2,17,18,19). The van der Waals surface area contributed by atoms with Gasteiger partial charge >= 0.3 is 0 Å². The molecule has 2 rings (SSSR count). The van der Waals surface area contributed by atoms with Crippen LogP contribution in [0.3, 0.4) is 0 Å². The van der Waals surface area contributed by atoms with Crippen molar-refractivity contribution in [3.8, 4) is 0 Å². The van der Waals surface area contributed by atoms with Gasteiger partial charge in [0.15, 0.2) is 0 Å². The fraction of sp³-hybridized carbons (Fsp3) is 0.333. The fourth-order valence-corrected chi connectivity index (χ4v) is 1.84. The molecule has 0 aliphatic rings. The topological polar surface area (TPSA) is 49.8 Å². The number of nitrogens with one attached hydrogen (secondary N) is 2. The summed E-state index contributed by atoms with van der Waals surface area (Å²) in [4.78, 5) is 8.43. The third kappa shape index (κ3) is 3.95. The average molecular weight is 256 g/mol. The maximum absolute atomic E-state index is 4.29. The Kier molecular flexibility index (Phi) is 4.72. The van der Waals surface area contributed by atoms with Crippen LogP contribution in [-0.4, -0.2) is 16.5 Å². The molecule has 0 radical (unpaired) electrons. The molecule has 2 aromatic rings. The van der Waals surface area contributed by atoms with E-state index in [9.17, 15) is 0 Å². The number of nitrogens with zero attached hydrogens (tertiary/aromatic N) is 2. The van der Waals surface area contributed by atoms with Gasteiger partial charge in [0.2, 0.25) is 0 Å². The summed E-state index contributed by atoms with van der Waals surface area (Å²) in [6.07, 6.45) is 6.58. The van der Waals surface area contributed by atoms with E-state index in [-0.39, 0.29) is 6.04 Å². The SMILES string of the molecule is CCCNc1cc(NC(C)c2cccnc2)ccn1. The first-order chi connectivity index (χ1) is 9.29. The Morgan fingerprint density at radius 1 is 1.26 bits per heavy atom. The zero-order valence-corrected chi connectivity index (χ0v) is 11.4. The second-order valence-corrected chi connectivity index (χ2v) is 4.51. The molecule has 0 fully saturated rings. The van der Waals surface area contributed by atoms with Gasteiger partial charge in [0.1, 0.15) is 5.82 Å². The number of rotatable bonds is 6. The predicted octanol–water partition coefficient (Wildman–Crippen LogP) is 3.47. The van der Waals surface area contributed by atoms with Crippen molar-refractivity contribution in [2.45, 2.75) is 26.3 Å². The monoisotopic (exact) mass is 256 g/mol. The van der Waals surface area contributed by atoms with E-state index in [0.717, 1.165) is 24.5 Å². The van der Waals surface area contributed by atoms with Crippen LogP contribution in [0.5, 0.6) is 0 Å². The highest BCUT2D eigenvalue weighted by Crippen LogP contribution is 2.19. The number of anilines is 2. The first-order valence-electron chi connectivity index (χ1n) is 6.66. The van der Waals surface area contributed by atoms with Crippen molar-refractivity contribution in [1.29, 1.82) is 0 Å². The van der Waals surface area contributed by atoms with Crippen LogP contribution in [0, 0.1) is 0 Å². The molecule has 2 heterocycles. The van der Waals surface area contributed by atoms with Crippen LogP contribution in [0.1, 0.15) is 31.9 Å². The van der Waals surface area contributed by atoms with Crippen LogP contribution < -0.4 is 10.6 Å². The van der Waals surface area contributed by atoms with Gasteiger partial charge < -0.3 is 10.6 Å². The molecule has 0 aliphatic heterocycles. The molecule has 1 unspecified atom stereocenters. The molecular weight excluding hydrogens is 236 g/mol. The van der Waals surface area contributed by atoms with E-state index in [4.69, 9.17) is 0 Å². The van der Waals surface area contributed by atoms with Crippen molar-refractivity contribution in [3.63, 3.8) is 0 Å². The Morgan fingerprint density at radius 2 is 2.16 bits per heavy atom. The minimum atomic E-state index is 0.218. The fourth-order valence-electron chi connectivity index (χ4n) is 1.84. The molecule has 1 atom stereocenters. The molecule has 4 nitrogen and oxygen atoms in total. The highest BCUT2D eigenvalue weighted by molar-refractivity contribution is 5.52. The Bertz CT molecular complexity index is 499. The Labute approximate surface area is 114 Å². The summed E-state index contributed by atoms with van der Waals surface area (Å²) >= 11 is 0.